The first-order valence-corrected chi connectivity index (χ1v) is 8.30. The number of thioether (sulfide) groups is 1. The number of hydrogen-bond acceptors (Lipinski definition) is 4. The van der Waals surface area contributed by atoms with Gasteiger partial charge in [0.2, 0.25) is 11.8 Å². The number of fused-ring (bicyclic) bond motifs is 1. The van der Waals surface area contributed by atoms with Crippen molar-refractivity contribution in [1.82, 2.24) is 20.0 Å². The molecule has 0 spiro atoms. The van der Waals surface area contributed by atoms with Crippen molar-refractivity contribution in [1.29, 1.82) is 0 Å². The van der Waals surface area contributed by atoms with Crippen LogP contribution >= 0.6 is 11.8 Å². The molecule has 2 atom stereocenters. The maximum atomic E-state index is 12.3. The van der Waals surface area contributed by atoms with E-state index in [1.807, 2.05) is 16.9 Å². The van der Waals surface area contributed by atoms with E-state index in [1.54, 1.807) is 22.9 Å². The van der Waals surface area contributed by atoms with Gasteiger partial charge >= 0.3 is 0 Å². The van der Waals surface area contributed by atoms with Crippen molar-refractivity contribution in [2.45, 2.75) is 43.6 Å². The van der Waals surface area contributed by atoms with Gasteiger partial charge in [0.1, 0.15) is 6.04 Å². The molecule has 1 aromatic rings. The average molecular weight is 308 g/mol. The lowest BCUT2D eigenvalue weighted by Gasteiger charge is -2.29. The van der Waals surface area contributed by atoms with Crippen molar-refractivity contribution in [2.24, 2.45) is 0 Å². The predicted octanol–water partition coefficient (Wildman–Crippen LogP) is 0.843. The van der Waals surface area contributed by atoms with Crippen LogP contribution in [0.3, 0.4) is 0 Å². The van der Waals surface area contributed by atoms with Crippen LogP contribution in [-0.4, -0.2) is 49.7 Å². The third kappa shape index (κ3) is 2.79. The molecule has 3 heterocycles. The van der Waals surface area contributed by atoms with Gasteiger partial charge in [-0.1, -0.05) is 0 Å². The second kappa shape index (κ2) is 5.71. The normalized spacial score (nSPS) is 28.0. The number of nitrogens with one attached hydrogen (secondary N) is 1. The largest absolute Gasteiger partial charge is 0.354 e. The maximum absolute atomic E-state index is 12.3. The van der Waals surface area contributed by atoms with E-state index in [0.29, 0.717) is 18.7 Å². The first-order valence-electron chi connectivity index (χ1n) is 7.31. The topological polar surface area (TPSA) is 67.2 Å². The van der Waals surface area contributed by atoms with E-state index in [0.717, 1.165) is 19.4 Å². The van der Waals surface area contributed by atoms with Crippen LogP contribution in [0.15, 0.2) is 18.5 Å². The molecule has 0 bridgehead atoms. The lowest BCUT2D eigenvalue weighted by molar-refractivity contribution is -0.137. The molecule has 3 rings (SSSR count). The smallest absolute Gasteiger partial charge is 0.243 e. The van der Waals surface area contributed by atoms with Gasteiger partial charge in [-0.3, -0.25) is 14.3 Å². The number of aryl methyl sites for hydroxylation is 1. The molecule has 0 radical (unpaired) electrons. The molecule has 0 aliphatic carbocycles. The fourth-order valence-corrected chi connectivity index (χ4v) is 4.45. The Balaban J connectivity index is 1.48. The van der Waals surface area contributed by atoms with Crippen LogP contribution in [0.2, 0.25) is 0 Å². The van der Waals surface area contributed by atoms with Crippen molar-refractivity contribution < 1.29 is 9.59 Å². The molecule has 114 valence electrons. The summed E-state index contributed by atoms with van der Waals surface area (Å²) in [4.78, 5) is 25.9. The van der Waals surface area contributed by atoms with Crippen molar-refractivity contribution in [3.05, 3.63) is 18.5 Å². The lowest BCUT2D eigenvalue weighted by atomic mass is 10.2. The SMILES string of the molecule is C[C@]12CCC(=O)N1[C@@H](C(=O)NCCCn1cccn1)CS2. The molecule has 1 N–H and O–H groups in total. The zero-order valence-electron chi connectivity index (χ0n) is 12.1. The zero-order chi connectivity index (χ0) is 14.9. The van der Waals surface area contributed by atoms with Crippen LogP contribution < -0.4 is 5.32 Å². The molecular formula is C14H20N4O2S. The zero-order valence-corrected chi connectivity index (χ0v) is 12.9. The molecule has 2 aliphatic rings. The Kier molecular flexibility index (Phi) is 3.93. The van der Waals surface area contributed by atoms with Gasteiger partial charge in [0, 0.05) is 37.7 Å². The van der Waals surface area contributed by atoms with E-state index in [9.17, 15) is 9.59 Å². The molecule has 2 aliphatic heterocycles. The number of rotatable bonds is 5. The number of carbonyl (C=O) groups excluding carboxylic acids is 2. The van der Waals surface area contributed by atoms with E-state index < -0.39 is 0 Å². The molecule has 21 heavy (non-hydrogen) atoms. The Morgan fingerprint density at radius 3 is 3.24 bits per heavy atom. The van der Waals surface area contributed by atoms with Gasteiger partial charge in [-0.2, -0.15) is 5.10 Å². The van der Waals surface area contributed by atoms with Crippen molar-refractivity contribution in [3.63, 3.8) is 0 Å². The summed E-state index contributed by atoms with van der Waals surface area (Å²) in [6.45, 7) is 3.46. The highest BCUT2D eigenvalue weighted by Crippen LogP contribution is 2.47. The molecule has 1 aromatic heterocycles. The molecule has 0 aromatic carbocycles. The highest BCUT2D eigenvalue weighted by atomic mass is 32.2. The standard InChI is InChI=1S/C14H20N4O2S/c1-14-5-4-12(19)18(14)11(10-21-14)13(20)15-6-2-8-17-9-3-7-16-17/h3,7,9,11H,2,4-6,8,10H2,1H3,(H,15,20)/t11-,14+/m1/s1. The summed E-state index contributed by atoms with van der Waals surface area (Å²) in [5, 5.41) is 7.07. The number of carbonyl (C=O) groups is 2. The van der Waals surface area contributed by atoms with Crippen LogP contribution in [0.4, 0.5) is 0 Å². The summed E-state index contributed by atoms with van der Waals surface area (Å²) in [6.07, 6.45) is 5.89. The summed E-state index contributed by atoms with van der Waals surface area (Å²) in [5.74, 6) is 0.786. The maximum Gasteiger partial charge on any atom is 0.243 e. The Morgan fingerprint density at radius 2 is 2.48 bits per heavy atom. The third-order valence-corrected chi connectivity index (χ3v) is 5.68. The first kappa shape index (κ1) is 14.4. The van der Waals surface area contributed by atoms with E-state index in [1.165, 1.54) is 0 Å². The quantitative estimate of drug-likeness (QED) is 0.819. The Hall–Kier alpha value is -1.50. The second-order valence-electron chi connectivity index (χ2n) is 5.68. The van der Waals surface area contributed by atoms with Crippen LogP contribution in [0.25, 0.3) is 0 Å². The first-order chi connectivity index (χ1) is 10.1. The molecule has 2 saturated heterocycles. The summed E-state index contributed by atoms with van der Waals surface area (Å²) in [5.41, 5.74) is 0. The average Bonchev–Trinajstić information content (AvgIpc) is 3.14. The molecule has 0 unspecified atom stereocenters. The Morgan fingerprint density at radius 1 is 1.62 bits per heavy atom. The van der Waals surface area contributed by atoms with Gasteiger partial charge < -0.3 is 10.2 Å². The molecule has 0 saturated carbocycles. The van der Waals surface area contributed by atoms with E-state index >= 15 is 0 Å². The fraction of sp³-hybridized carbons (Fsp3) is 0.643. The number of aromatic nitrogens is 2. The molecule has 6 nitrogen and oxygen atoms in total. The summed E-state index contributed by atoms with van der Waals surface area (Å²) < 4.78 is 1.85. The minimum Gasteiger partial charge on any atom is -0.354 e. The summed E-state index contributed by atoms with van der Waals surface area (Å²) in [7, 11) is 0. The summed E-state index contributed by atoms with van der Waals surface area (Å²) >= 11 is 1.72. The number of amides is 2. The summed E-state index contributed by atoms with van der Waals surface area (Å²) in [6, 6.07) is 1.58. The van der Waals surface area contributed by atoms with Crippen LogP contribution in [-0.2, 0) is 16.1 Å². The van der Waals surface area contributed by atoms with E-state index in [2.05, 4.69) is 17.3 Å². The van der Waals surface area contributed by atoms with Crippen molar-refractivity contribution in [3.8, 4) is 0 Å². The van der Waals surface area contributed by atoms with Crippen molar-refractivity contribution >= 4 is 23.6 Å². The minimum absolute atomic E-state index is 0.0260. The molecule has 7 heteroatoms. The number of hydrogen-bond donors (Lipinski definition) is 1. The van der Waals surface area contributed by atoms with E-state index in [-0.39, 0.29) is 22.7 Å². The number of nitrogens with zero attached hydrogens (tertiary/aromatic N) is 3. The highest BCUT2D eigenvalue weighted by Gasteiger charge is 2.52. The van der Waals surface area contributed by atoms with Crippen LogP contribution in [0.1, 0.15) is 26.2 Å². The fourth-order valence-electron chi connectivity index (χ4n) is 3.02. The van der Waals surface area contributed by atoms with Gasteiger partial charge in [0.25, 0.3) is 0 Å². The molecule has 2 fully saturated rings. The van der Waals surface area contributed by atoms with Gasteiger partial charge in [-0.25, -0.2) is 0 Å². The minimum atomic E-state index is -0.306. The lowest BCUT2D eigenvalue weighted by Crippen LogP contribution is -2.50. The van der Waals surface area contributed by atoms with Gasteiger partial charge in [-0.15, -0.1) is 11.8 Å². The molecule has 2 amide bonds. The van der Waals surface area contributed by atoms with E-state index in [4.69, 9.17) is 0 Å². The Labute approximate surface area is 128 Å². The highest BCUT2D eigenvalue weighted by molar-refractivity contribution is 8.01. The Bertz CT molecular complexity index is 533. The molecular weight excluding hydrogens is 288 g/mol. The monoisotopic (exact) mass is 308 g/mol. The van der Waals surface area contributed by atoms with Crippen LogP contribution in [0.5, 0.6) is 0 Å². The third-order valence-electron chi connectivity index (χ3n) is 4.17. The van der Waals surface area contributed by atoms with Gasteiger partial charge in [-0.05, 0) is 25.8 Å². The predicted molar refractivity (Wildman–Crippen MR) is 80.6 cm³/mol. The van der Waals surface area contributed by atoms with Crippen LogP contribution in [0, 0.1) is 0 Å². The van der Waals surface area contributed by atoms with Gasteiger partial charge in [0.05, 0.1) is 4.87 Å². The van der Waals surface area contributed by atoms with Gasteiger partial charge in [0.15, 0.2) is 0 Å². The second-order valence-corrected chi connectivity index (χ2v) is 7.18. The van der Waals surface area contributed by atoms with Crippen molar-refractivity contribution in [2.75, 3.05) is 12.3 Å².